The highest BCUT2D eigenvalue weighted by molar-refractivity contribution is 7.14. The molecule has 8 aromatic rings. The molecule has 8 rings (SSSR count). The Morgan fingerprint density at radius 3 is 1.50 bits per heavy atom. The van der Waals surface area contributed by atoms with Crippen molar-refractivity contribution in [2.24, 2.45) is 0 Å². The van der Waals surface area contributed by atoms with Crippen LogP contribution in [0.3, 0.4) is 0 Å². The van der Waals surface area contributed by atoms with Gasteiger partial charge >= 0.3 is 0 Å². The third-order valence-electron chi connectivity index (χ3n) is 8.25. The number of thiophene rings is 2. The van der Waals surface area contributed by atoms with Gasteiger partial charge in [0.05, 0.1) is 11.1 Å². The minimum Gasteiger partial charge on any atom is -0.321 e. The SMILES string of the molecule is C.CC(=O)c1c(-c2cccs2)c2cc(Cl)ccc2[nH]c1=O.O=C(/C=C/c1ccccc1)c1c(-c2cccs2)c2cc(Cl)ccc2[nH]c1=O.O=Cc1ccccc1. The van der Waals surface area contributed by atoms with E-state index in [1.165, 1.54) is 35.7 Å². The van der Waals surface area contributed by atoms with Crippen molar-refractivity contribution in [3.63, 3.8) is 0 Å². The number of hydrogen-bond donors (Lipinski definition) is 2. The maximum absolute atomic E-state index is 12.9. The molecule has 0 bridgehead atoms. The first-order chi connectivity index (χ1) is 26.6. The zero-order valence-electron chi connectivity index (χ0n) is 29.0. The van der Waals surface area contributed by atoms with Crippen molar-refractivity contribution in [1.82, 2.24) is 9.97 Å². The van der Waals surface area contributed by atoms with Gasteiger partial charge in [-0.05, 0) is 77.9 Å². The molecule has 0 aliphatic carbocycles. The lowest BCUT2D eigenvalue weighted by Crippen LogP contribution is -2.18. The Hall–Kier alpha value is -5.97. The van der Waals surface area contributed by atoms with E-state index >= 15 is 0 Å². The number of benzene rings is 4. The predicted molar refractivity (Wildman–Crippen MR) is 234 cm³/mol. The number of aldehydes is 1. The molecule has 0 saturated heterocycles. The number of halogens is 2. The molecule has 0 aliphatic heterocycles. The van der Waals surface area contributed by atoms with E-state index in [0.717, 1.165) is 37.9 Å². The number of rotatable bonds is 7. The van der Waals surface area contributed by atoms with Gasteiger partial charge in [-0.15, -0.1) is 22.7 Å². The minimum atomic E-state index is -0.407. The summed E-state index contributed by atoms with van der Waals surface area (Å²) < 4.78 is 0. The summed E-state index contributed by atoms with van der Waals surface area (Å²) in [5, 5.41) is 6.48. The number of nitrogens with one attached hydrogen (secondary N) is 2. The van der Waals surface area contributed by atoms with Gasteiger partial charge in [0.15, 0.2) is 11.6 Å². The fraction of sp³-hybridized carbons (Fsp3) is 0.0444. The summed E-state index contributed by atoms with van der Waals surface area (Å²) in [6.07, 6.45) is 3.98. The number of aromatic amines is 2. The molecule has 0 atom stereocenters. The minimum absolute atomic E-state index is 0. The van der Waals surface area contributed by atoms with Gasteiger partial charge in [0.25, 0.3) is 11.1 Å². The Kier molecular flexibility index (Phi) is 14.0. The summed E-state index contributed by atoms with van der Waals surface area (Å²) in [5.41, 5.74) is 3.76. The van der Waals surface area contributed by atoms with Crippen LogP contribution in [-0.4, -0.2) is 27.8 Å². The van der Waals surface area contributed by atoms with E-state index in [4.69, 9.17) is 23.2 Å². The van der Waals surface area contributed by atoms with E-state index in [1.54, 1.807) is 54.6 Å². The van der Waals surface area contributed by atoms with Crippen LogP contribution in [0.5, 0.6) is 0 Å². The van der Waals surface area contributed by atoms with Gasteiger partial charge in [-0.3, -0.25) is 24.0 Å². The molecular weight excluding hydrogens is 784 g/mol. The number of Topliss-reactive ketones (excluding diaryl/α,β-unsaturated/α-hetero) is 1. The van der Waals surface area contributed by atoms with E-state index in [-0.39, 0.29) is 35.7 Å². The maximum atomic E-state index is 12.9. The van der Waals surface area contributed by atoms with Crippen molar-refractivity contribution in [1.29, 1.82) is 0 Å². The molecule has 0 spiro atoms. The Morgan fingerprint density at radius 2 is 1.07 bits per heavy atom. The second-order valence-corrected chi connectivity index (χ2v) is 14.7. The summed E-state index contributed by atoms with van der Waals surface area (Å²) in [7, 11) is 0. The van der Waals surface area contributed by atoms with Gasteiger partial charge < -0.3 is 9.97 Å². The van der Waals surface area contributed by atoms with E-state index in [9.17, 15) is 24.0 Å². The van der Waals surface area contributed by atoms with Crippen molar-refractivity contribution >= 4 is 91.6 Å². The third kappa shape index (κ3) is 9.63. The number of hydrogen-bond acceptors (Lipinski definition) is 7. The Labute approximate surface area is 340 Å². The van der Waals surface area contributed by atoms with Crippen LogP contribution in [0.2, 0.25) is 10.0 Å². The summed E-state index contributed by atoms with van der Waals surface area (Å²) in [5.74, 6) is -0.595. The zero-order chi connectivity index (χ0) is 38.9. The predicted octanol–water partition coefficient (Wildman–Crippen LogP) is 12.1. The van der Waals surface area contributed by atoms with Crippen molar-refractivity contribution in [3.05, 3.63) is 191 Å². The number of carbonyl (C=O) groups excluding carboxylic acids is 3. The Morgan fingerprint density at radius 1 is 0.607 bits per heavy atom. The average Bonchev–Trinajstić information content (AvgIpc) is 3.93. The fourth-order valence-corrected chi connectivity index (χ4v) is 7.73. The number of pyridine rings is 2. The third-order valence-corrected chi connectivity index (χ3v) is 10.5. The topological polar surface area (TPSA) is 117 Å². The average molecular weight is 818 g/mol. The van der Waals surface area contributed by atoms with Crippen molar-refractivity contribution in [2.75, 3.05) is 0 Å². The second-order valence-electron chi connectivity index (χ2n) is 11.9. The van der Waals surface area contributed by atoms with Gasteiger partial charge in [0.2, 0.25) is 0 Å². The molecule has 0 radical (unpaired) electrons. The molecule has 4 aromatic carbocycles. The van der Waals surface area contributed by atoms with E-state index < -0.39 is 5.56 Å². The molecule has 280 valence electrons. The van der Waals surface area contributed by atoms with E-state index in [1.807, 2.05) is 83.6 Å². The molecule has 0 saturated carbocycles. The number of fused-ring (bicyclic) bond motifs is 2. The molecule has 2 N–H and O–H groups in total. The molecular formula is C45H34Cl2N2O5S2. The standard InChI is InChI=1S/C22H14ClNO2S.C15H10ClNO2S.C7H6O.CH4/c23-15-9-10-17-16(13-15)20(19-7-4-12-27-19)21(22(26)24-17)18(25)11-8-14-5-2-1-3-6-14;1-8(18)13-14(12-3-2-6-20-12)10-7-9(16)4-5-11(10)17-15(13)19;8-6-7-4-2-1-3-5-7;/h1-13H,(H,24,26);2-7H,1H3,(H,17,19);1-6H;1H4/b11-8+;;;. The van der Waals surface area contributed by atoms with Gasteiger partial charge in [-0.1, -0.05) is 110 Å². The van der Waals surface area contributed by atoms with Crippen LogP contribution in [0, 0.1) is 0 Å². The van der Waals surface area contributed by atoms with Crippen LogP contribution < -0.4 is 11.1 Å². The monoisotopic (exact) mass is 816 g/mol. The first-order valence-corrected chi connectivity index (χ1v) is 19.2. The van der Waals surface area contributed by atoms with Gasteiger partial charge in [0, 0.05) is 58.3 Å². The summed E-state index contributed by atoms with van der Waals surface area (Å²) >= 11 is 15.2. The van der Waals surface area contributed by atoms with Crippen molar-refractivity contribution < 1.29 is 14.4 Å². The highest BCUT2D eigenvalue weighted by atomic mass is 35.5. The first-order valence-electron chi connectivity index (χ1n) is 16.7. The van der Waals surface area contributed by atoms with Crippen LogP contribution in [0.4, 0.5) is 0 Å². The Bertz CT molecular complexity index is 2780. The second kappa shape index (κ2) is 19.1. The van der Waals surface area contributed by atoms with Gasteiger partial charge in [-0.25, -0.2) is 0 Å². The lowest BCUT2D eigenvalue weighted by atomic mass is 9.98. The number of carbonyl (C=O) groups is 3. The molecule has 11 heteroatoms. The lowest BCUT2D eigenvalue weighted by Gasteiger charge is -2.10. The number of allylic oxidation sites excluding steroid dienone is 1. The smallest absolute Gasteiger partial charge is 0.260 e. The highest BCUT2D eigenvalue weighted by Crippen LogP contribution is 2.35. The summed E-state index contributed by atoms with van der Waals surface area (Å²) in [4.78, 5) is 67.0. The molecule has 56 heavy (non-hydrogen) atoms. The summed E-state index contributed by atoms with van der Waals surface area (Å²) in [6, 6.07) is 36.7. The van der Waals surface area contributed by atoms with Crippen LogP contribution >= 0.6 is 45.9 Å². The molecule has 4 heterocycles. The van der Waals surface area contributed by atoms with Crippen LogP contribution in [0.15, 0.2) is 148 Å². The van der Waals surface area contributed by atoms with E-state index in [0.29, 0.717) is 32.2 Å². The number of aromatic nitrogens is 2. The number of H-pyrrole nitrogens is 2. The zero-order valence-corrected chi connectivity index (χ0v) is 32.2. The maximum Gasteiger partial charge on any atom is 0.260 e. The molecule has 7 nitrogen and oxygen atoms in total. The molecule has 0 unspecified atom stereocenters. The molecule has 0 aliphatic rings. The van der Waals surface area contributed by atoms with Crippen molar-refractivity contribution in [3.8, 4) is 20.9 Å². The van der Waals surface area contributed by atoms with Crippen LogP contribution in [0.25, 0.3) is 48.8 Å². The highest BCUT2D eigenvalue weighted by Gasteiger charge is 2.21. The first kappa shape index (κ1) is 41.2. The molecule has 4 aromatic heterocycles. The van der Waals surface area contributed by atoms with E-state index in [2.05, 4.69) is 9.97 Å². The lowest BCUT2D eigenvalue weighted by molar-refractivity contribution is 0.101. The molecule has 0 amide bonds. The fourth-order valence-electron chi connectivity index (χ4n) is 5.81. The van der Waals surface area contributed by atoms with Crippen LogP contribution in [0.1, 0.15) is 51.0 Å². The molecule has 0 fully saturated rings. The van der Waals surface area contributed by atoms with Crippen LogP contribution in [-0.2, 0) is 0 Å². The normalized spacial score (nSPS) is 10.6. The quantitative estimate of drug-likeness (QED) is 0.0943. The van der Waals surface area contributed by atoms with Crippen molar-refractivity contribution in [2.45, 2.75) is 14.4 Å². The number of ketones is 2. The largest absolute Gasteiger partial charge is 0.321 e. The summed E-state index contributed by atoms with van der Waals surface area (Å²) in [6.45, 7) is 1.40. The Balaban J connectivity index is 0.000000181. The van der Waals surface area contributed by atoms with Gasteiger partial charge in [-0.2, -0.15) is 0 Å². The van der Waals surface area contributed by atoms with Gasteiger partial charge in [0.1, 0.15) is 6.29 Å².